The molecule has 26 heavy (non-hydrogen) atoms. The molecule has 0 spiro atoms. The fraction of sp³-hybridized carbons (Fsp3) is 0.438. The molecule has 2 heterocycles. The smallest absolute Gasteiger partial charge is 0.265 e. The summed E-state index contributed by atoms with van der Waals surface area (Å²) < 4.78 is 53.4. The van der Waals surface area contributed by atoms with E-state index >= 15 is 0 Å². The maximum Gasteiger partial charge on any atom is 0.265 e. The van der Waals surface area contributed by atoms with Crippen molar-refractivity contribution in [3.05, 3.63) is 40.2 Å². The highest BCUT2D eigenvalue weighted by Gasteiger charge is 2.33. The molecule has 1 N–H and O–H groups in total. The van der Waals surface area contributed by atoms with E-state index in [9.17, 15) is 16.8 Å². The first-order valence-electron chi connectivity index (χ1n) is 8.05. The minimum atomic E-state index is -3.87. The van der Waals surface area contributed by atoms with Gasteiger partial charge in [0.15, 0.2) is 9.84 Å². The summed E-state index contributed by atoms with van der Waals surface area (Å²) in [4.78, 5) is 0.0798. The van der Waals surface area contributed by atoms with Crippen molar-refractivity contribution in [1.82, 2.24) is 9.78 Å². The Morgan fingerprint density at radius 2 is 1.96 bits per heavy atom. The first-order chi connectivity index (χ1) is 12.0. The summed E-state index contributed by atoms with van der Waals surface area (Å²) in [5, 5.41) is 4.84. The summed E-state index contributed by atoms with van der Waals surface area (Å²) in [5.41, 5.74) is 1.91. The second-order valence-electron chi connectivity index (χ2n) is 6.57. The number of benzene rings is 1. The zero-order valence-corrected chi connectivity index (χ0v) is 17.0. The van der Waals surface area contributed by atoms with E-state index < -0.39 is 19.9 Å². The molecule has 10 heteroatoms. The van der Waals surface area contributed by atoms with E-state index in [0.29, 0.717) is 34.1 Å². The number of hydrogen-bond acceptors (Lipinski definition) is 5. The van der Waals surface area contributed by atoms with Crippen LogP contribution in [-0.2, 0) is 19.9 Å². The molecule has 142 valence electrons. The van der Waals surface area contributed by atoms with Gasteiger partial charge in [0, 0.05) is 5.02 Å². The standard InChI is InChI=1S/C16H20ClN3O4S2/c1-10-8-13(17)4-5-15(10)19-26(23,24)16-11(2)18-20(12(16)3)14-6-7-25(21,22)9-14/h4-5,8,14,19H,6-7,9H2,1-3H3/t14-/m1/s1. The molecule has 2 aromatic rings. The Balaban J connectivity index is 1.98. The van der Waals surface area contributed by atoms with E-state index in [1.807, 2.05) is 0 Å². The molecule has 0 radical (unpaired) electrons. The molecule has 0 amide bonds. The van der Waals surface area contributed by atoms with Crippen molar-refractivity contribution in [2.24, 2.45) is 0 Å². The number of anilines is 1. The Morgan fingerprint density at radius 3 is 2.54 bits per heavy atom. The first kappa shape index (κ1) is 19.2. The Labute approximate surface area is 158 Å². The largest absolute Gasteiger partial charge is 0.279 e. The highest BCUT2D eigenvalue weighted by molar-refractivity contribution is 7.93. The van der Waals surface area contributed by atoms with Crippen molar-refractivity contribution in [2.45, 2.75) is 38.1 Å². The third-order valence-electron chi connectivity index (χ3n) is 4.51. The lowest BCUT2D eigenvalue weighted by Crippen LogP contribution is -2.17. The lowest BCUT2D eigenvalue weighted by atomic mass is 10.2. The Kier molecular flexibility index (Phi) is 4.83. The highest BCUT2D eigenvalue weighted by atomic mass is 35.5. The first-order valence-corrected chi connectivity index (χ1v) is 11.7. The molecule has 1 fully saturated rings. The van der Waals surface area contributed by atoms with Gasteiger partial charge >= 0.3 is 0 Å². The van der Waals surface area contributed by atoms with Crippen LogP contribution >= 0.6 is 11.6 Å². The molecular formula is C16H20ClN3O4S2. The summed E-state index contributed by atoms with van der Waals surface area (Å²) >= 11 is 5.92. The second-order valence-corrected chi connectivity index (χ2v) is 10.9. The molecule has 1 aromatic heterocycles. The molecule has 1 aliphatic rings. The molecule has 0 unspecified atom stereocenters. The van der Waals surface area contributed by atoms with Crippen LogP contribution in [0.4, 0.5) is 5.69 Å². The van der Waals surface area contributed by atoms with Crippen LogP contribution in [0.3, 0.4) is 0 Å². The minimum absolute atomic E-state index is 0.0157. The number of sulfone groups is 1. The fourth-order valence-corrected chi connectivity index (χ4v) is 6.75. The van der Waals surface area contributed by atoms with E-state index in [2.05, 4.69) is 9.82 Å². The van der Waals surface area contributed by atoms with E-state index in [1.54, 1.807) is 39.0 Å². The van der Waals surface area contributed by atoms with Crippen LogP contribution in [0, 0.1) is 20.8 Å². The number of nitrogens with one attached hydrogen (secondary N) is 1. The average molecular weight is 418 g/mol. The summed E-state index contributed by atoms with van der Waals surface area (Å²) in [6.07, 6.45) is 0.438. The second kappa shape index (κ2) is 6.54. The Hall–Kier alpha value is -1.58. The average Bonchev–Trinajstić information content (AvgIpc) is 3.01. The molecule has 3 rings (SSSR count). The van der Waals surface area contributed by atoms with Crippen LogP contribution in [0.5, 0.6) is 0 Å². The zero-order chi connectivity index (χ0) is 19.3. The molecular weight excluding hydrogens is 398 g/mol. The molecule has 0 bridgehead atoms. The van der Waals surface area contributed by atoms with Crippen LogP contribution in [-0.4, -0.2) is 38.1 Å². The maximum atomic E-state index is 12.9. The Morgan fingerprint density at radius 1 is 1.27 bits per heavy atom. The van der Waals surface area contributed by atoms with Crippen LogP contribution in [0.2, 0.25) is 5.02 Å². The summed E-state index contributed by atoms with van der Waals surface area (Å²) in [7, 11) is -6.97. The quantitative estimate of drug-likeness (QED) is 0.824. The third kappa shape index (κ3) is 3.60. The van der Waals surface area contributed by atoms with Gasteiger partial charge in [-0.3, -0.25) is 9.40 Å². The predicted molar refractivity (Wildman–Crippen MR) is 101 cm³/mol. The minimum Gasteiger partial charge on any atom is -0.279 e. The summed E-state index contributed by atoms with van der Waals surface area (Å²) in [6, 6.07) is 4.55. The van der Waals surface area contributed by atoms with Gasteiger partial charge in [0.25, 0.3) is 10.0 Å². The lowest BCUT2D eigenvalue weighted by Gasteiger charge is -2.13. The maximum absolute atomic E-state index is 12.9. The zero-order valence-electron chi connectivity index (χ0n) is 14.7. The topological polar surface area (TPSA) is 98.1 Å². The normalized spacial score (nSPS) is 19.6. The number of aromatic nitrogens is 2. The number of hydrogen-bond donors (Lipinski definition) is 1. The number of rotatable bonds is 4. The number of halogens is 1. The predicted octanol–water partition coefficient (Wildman–Crippen LogP) is 2.62. The van der Waals surface area contributed by atoms with Gasteiger partial charge in [-0.25, -0.2) is 16.8 Å². The molecule has 1 atom stereocenters. The van der Waals surface area contributed by atoms with Gasteiger partial charge in [0.2, 0.25) is 0 Å². The number of aryl methyl sites for hydroxylation is 2. The van der Waals surface area contributed by atoms with Crippen LogP contribution in [0.15, 0.2) is 23.1 Å². The van der Waals surface area contributed by atoms with Gasteiger partial charge in [-0.1, -0.05) is 11.6 Å². The number of sulfonamides is 1. The van der Waals surface area contributed by atoms with Gasteiger partial charge < -0.3 is 0 Å². The van der Waals surface area contributed by atoms with Gasteiger partial charge in [-0.15, -0.1) is 0 Å². The van der Waals surface area contributed by atoms with E-state index in [0.717, 1.165) is 0 Å². The molecule has 1 aliphatic heterocycles. The van der Waals surface area contributed by atoms with Crippen molar-refractivity contribution < 1.29 is 16.8 Å². The van der Waals surface area contributed by atoms with E-state index in [1.165, 1.54) is 4.68 Å². The van der Waals surface area contributed by atoms with Crippen molar-refractivity contribution in [2.75, 3.05) is 16.2 Å². The monoisotopic (exact) mass is 417 g/mol. The molecule has 0 saturated carbocycles. The lowest BCUT2D eigenvalue weighted by molar-refractivity contribution is 0.484. The number of nitrogens with zero attached hydrogens (tertiary/aromatic N) is 2. The molecule has 0 aliphatic carbocycles. The van der Waals surface area contributed by atoms with Crippen LogP contribution < -0.4 is 4.72 Å². The van der Waals surface area contributed by atoms with Gasteiger partial charge in [0.1, 0.15) is 4.90 Å². The van der Waals surface area contributed by atoms with Crippen LogP contribution in [0.1, 0.15) is 29.4 Å². The van der Waals surface area contributed by atoms with Gasteiger partial charge in [-0.05, 0) is 51.0 Å². The van der Waals surface area contributed by atoms with Crippen molar-refractivity contribution in [3.8, 4) is 0 Å². The third-order valence-corrected chi connectivity index (χ3v) is 8.12. The van der Waals surface area contributed by atoms with Crippen LogP contribution in [0.25, 0.3) is 0 Å². The molecule has 7 nitrogen and oxygen atoms in total. The van der Waals surface area contributed by atoms with Crippen molar-refractivity contribution in [3.63, 3.8) is 0 Å². The SMILES string of the molecule is Cc1cc(Cl)ccc1NS(=O)(=O)c1c(C)nn([C@@H]2CCS(=O)(=O)C2)c1C. The van der Waals surface area contributed by atoms with E-state index in [4.69, 9.17) is 11.6 Å². The summed E-state index contributed by atoms with van der Waals surface area (Å²) in [5.74, 6) is 0.0818. The van der Waals surface area contributed by atoms with Crippen molar-refractivity contribution in [1.29, 1.82) is 0 Å². The van der Waals surface area contributed by atoms with Gasteiger partial charge in [-0.2, -0.15) is 5.10 Å². The molecule has 1 saturated heterocycles. The molecule has 1 aromatic carbocycles. The van der Waals surface area contributed by atoms with Gasteiger partial charge in [0.05, 0.1) is 34.6 Å². The Bertz CT molecular complexity index is 1080. The van der Waals surface area contributed by atoms with Crippen molar-refractivity contribution >= 4 is 37.1 Å². The highest BCUT2D eigenvalue weighted by Crippen LogP contribution is 2.30. The summed E-state index contributed by atoms with van der Waals surface area (Å²) in [6.45, 7) is 5.01. The fourth-order valence-electron chi connectivity index (χ4n) is 3.30. The van der Waals surface area contributed by atoms with E-state index in [-0.39, 0.29) is 22.4 Å².